The maximum atomic E-state index is 2.37. The predicted octanol–water partition coefficient (Wildman–Crippen LogP) is 33.7. The molecule has 0 aliphatic heterocycles. The summed E-state index contributed by atoms with van der Waals surface area (Å²) in [6.07, 6.45) is 0. The lowest BCUT2D eigenvalue weighted by Crippen LogP contribution is -2.10. The van der Waals surface area contributed by atoms with Gasteiger partial charge in [0.05, 0.1) is 0 Å². The van der Waals surface area contributed by atoms with E-state index in [0.29, 0.717) is 0 Å². The number of fused-ring (bicyclic) bond motifs is 6. The molecule has 0 saturated carbocycles. The van der Waals surface area contributed by atoms with Gasteiger partial charge in [-0.3, -0.25) is 0 Å². The highest BCUT2D eigenvalue weighted by molar-refractivity contribution is 7.26. The number of hydrogen-bond donors (Lipinski definition) is 0. The Kier molecular flexibility index (Phi) is 20.6. The molecule has 21 aromatic rings. The molecular formula is C114H80N4S2. The van der Waals surface area contributed by atoms with E-state index in [1.807, 2.05) is 22.7 Å². The Morgan fingerprint density at radius 1 is 0.108 bits per heavy atom. The van der Waals surface area contributed by atoms with E-state index in [2.05, 4.69) is 505 Å². The van der Waals surface area contributed by atoms with Gasteiger partial charge in [0, 0.05) is 109 Å². The first-order valence-electron chi connectivity index (χ1n) is 40.7. The predicted molar refractivity (Wildman–Crippen MR) is 515 cm³/mol. The van der Waals surface area contributed by atoms with Gasteiger partial charge in [-0.15, -0.1) is 22.7 Å². The van der Waals surface area contributed by atoms with Crippen LogP contribution in [-0.4, -0.2) is 0 Å². The van der Waals surface area contributed by atoms with Gasteiger partial charge in [0.1, 0.15) is 0 Å². The van der Waals surface area contributed by atoms with Crippen LogP contribution in [0.4, 0.5) is 68.2 Å². The van der Waals surface area contributed by atoms with Crippen molar-refractivity contribution in [2.45, 2.75) is 0 Å². The van der Waals surface area contributed by atoms with Gasteiger partial charge in [-0.05, 0) is 248 Å². The van der Waals surface area contributed by atoms with Crippen molar-refractivity contribution in [3.8, 4) is 77.9 Å². The van der Waals surface area contributed by atoms with Crippen molar-refractivity contribution in [3.05, 3.63) is 485 Å². The molecule has 0 saturated heterocycles. The molecule has 0 spiro atoms. The van der Waals surface area contributed by atoms with Crippen LogP contribution in [0.15, 0.2) is 485 Å². The molecule has 19 aromatic carbocycles. The van der Waals surface area contributed by atoms with Crippen molar-refractivity contribution in [1.82, 2.24) is 0 Å². The van der Waals surface area contributed by atoms with Gasteiger partial charge in [0.2, 0.25) is 0 Å². The van der Waals surface area contributed by atoms with E-state index in [1.54, 1.807) is 0 Å². The van der Waals surface area contributed by atoms with E-state index < -0.39 is 0 Å². The third-order valence-electron chi connectivity index (χ3n) is 22.5. The van der Waals surface area contributed by atoms with Crippen molar-refractivity contribution in [2.24, 2.45) is 0 Å². The summed E-state index contributed by atoms with van der Waals surface area (Å²) in [5, 5.41) is 5.29. The third kappa shape index (κ3) is 15.4. The van der Waals surface area contributed by atoms with E-state index in [-0.39, 0.29) is 0 Å². The summed E-state index contributed by atoms with van der Waals surface area (Å²) in [6, 6.07) is 175. The van der Waals surface area contributed by atoms with Gasteiger partial charge >= 0.3 is 0 Å². The van der Waals surface area contributed by atoms with Crippen molar-refractivity contribution in [3.63, 3.8) is 0 Å². The highest BCUT2D eigenvalue weighted by Crippen LogP contribution is 2.46. The van der Waals surface area contributed by atoms with E-state index in [0.717, 1.165) is 90.5 Å². The normalized spacial score (nSPS) is 11.2. The molecule has 4 nitrogen and oxygen atoms in total. The molecule has 0 bridgehead atoms. The van der Waals surface area contributed by atoms with Gasteiger partial charge in [0.25, 0.3) is 0 Å². The number of rotatable bonds is 19. The summed E-state index contributed by atoms with van der Waals surface area (Å²) in [6.45, 7) is 0. The smallest absolute Gasteiger partial charge is 0.0467 e. The van der Waals surface area contributed by atoms with Crippen LogP contribution < -0.4 is 19.6 Å². The average Bonchev–Trinajstić information content (AvgIpc) is 1.70. The average molecular weight is 1570 g/mol. The minimum absolute atomic E-state index is 1.08. The van der Waals surface area contributed by atoms with Gasteiger partial charge in [0.15, 0.2) is 0 Å². The Hall–Kier alpha value is -15.2. The fourth-order valence-electron chi connectivity index (χ4n) is 16.5. The summed E-state index contributed by atoms with van der Waals surface area (Å²) < 4.78 is 5.28. The fourth-order valence-corrected chi connectivity index (χ4v) is 18.8. The molecule has 0 aliphatic rings. The lowest BCUT2D eigenvalue weighted by atomic mass is 10.0. The molecule has 0 aliphatic carbocycles. The molecule has 2 aromatic heterocycles. The number of benzene rings is 19. The Balaban J connectivity index is 0.000000160. The van der Waals surface area contributed by atoms with Crippen LogP contribution in [0.1, 0.15) is 0 Å². The standard InChI is InChI=1S/C66H46N2S.C48H34N2S/c1-4-14-47(15-5-1)50-26-35-57(36-27-50)67(58-37-28-51(29-38-58)48-16-6-2-7-17-48)61-22-12-20-54(44-61)55-21-13-23-62(45-55)68(59-39-30-52(31-40-59)49-18-8-3-9-19-49)60-41-32-53(33-42-60)56-34-43-64-63-24-10-11-25-65(63)69-66(64)46-56;1-4-16-39(17-5-1)49(40-18-6-2-7-19-40)43-22-12-14-36(32-43)37-15-13-23-44(33-37)50(41-20-8-3-9-21-41)42-29-26-35(27-30-42)38-28-31-46-45-24-10-11-25-47(45)51-48(46)34-38/h1-46H;1-34H. The number of anilines is 12. The van der Waals surface area contributed by atoms with Crippen LogP contribution in [0.3, 0.4) is 0 Å². The van der Waals surface area contributed by atoms with Crippen molar-refractivity contribution in [2.75, 3.05) is 19.6 Å². The molecular weight excluding hydrogens is 1490 g/mol. The van der Waals surface area contributed by atoms with Crippen LogP contribution in [0, 0.1) is 0 Å². The first-order valence-corrected chi connectivity index (χ1v) is 42.4. The molecule has 21 rings (SSSR count). The van der Waals surface area contributed by atoms with Crippen LogP contribution in [0.25, 0.3) is 118 Å². The zero-order valence-corrected chi connectivity index (χ0v) is 67.4. The van der Waals surface area contributed by atoms with E-state index >= 15 is 0 Å². The van der Waals surface area contributed by atoms with Crippen molar-refractivity contribution in [1.29, 1.82) is 0 Å². The number of nitrogens with zero attached hydrogens (tertiary/aromatic N) is 4. The SMILES string of the molecule is c1ccc(-c2ccc(N(c3ccc(-c4ccccc4)cc3)c3cccc(-c4cccc(N(c5ccc(-c6ccccc6)cc5)c5ccc(-c6ccc7c(c6)sc6ccccc67)cc5)c4)c3)cc2)cc1.c1ccc(N(c2ccccc2)c2cccc(-c3cccc(N(c4ccccc4)c4ccc(-c5ccc6c(c5)sc5ccccc56)cc4)c3)c2)cc1. The van der Waals surface area contributed by atoms with Gasteiger partial charge in [-0.25, -0.2) is 0 Å². The topological polar surface area (TPSA) is 13.0 Å². The molecule has 120 heavy (non-hydrogen) atoms. The highest BCUT2D eigenvalue weighted by atomic mass is 32.1. The van der Waals surface area contributed by atoms with Crippen LogP contribution >= 0.6 is 22.7 Å². The number of hydrogen-bond acceptors (Lipinski definition) is 6. The highest BCUT2D eigenvalue weighted by Gasteiger charge is 2.21. The minimum Gasteiger partial charge on any atom is -0.310 e. The quantitative estimate of drug-likeness (QED) is 0.0800. The monoisotopic (exact) mass is 1570 g/mol. The second-order valence-electron chi connectivity index (χ2n) is 30.0. The number of thiophene rings is 2. The summed E-state index contributed by atoms with van der Waals surface area (Å²) in [5.74, 6) is 0. The molecule has 2 heterocycles. The largest absolute Gasteiger partial charge is 0.310 e. The van der Waals surface area contributed by atoms with Crippen molar-refractivity contribution < 1.29 is 0 Å². The maximum Gasteiger partial charge on any atom is 0.0467 e. The van der Waals surface area contributed by atoms with Crippen LogP contribution in [-0.2, 0) is 0 Å². The molecule has 0 unspecified atom stereocenters. The molecule has 0 N–H and O–H groups in total. The molecule has 568 valence electrons. The van der Waals surface area contributed by atoms with E-state index in [9.17, 15) is 0 Å². The summed E-state index contributed by atoms with van der Waals surface area (Å²) >= 11 is 3.72. The van der Waals surface area contributed by atoms with Crippen LogP contribution in [0.5, 0.6) is 0 Å². The summed E-state index contributed by atoms with van der Waals surface area (Å²) in [5.41, 5.74) is 29.8. The fraction of sp³-hybridized carbons (Fsp3) is 0. The first-order chi connectivity index (χ1) is 59.5. The van der Waals surface area contributed by atoms with Crippen LogP contribution in [0.2, 0.25) is 0 Å². The van der Waals surface area contributed by atoms with Gasteiger partial charge < -0.3 is 19.6 Å². The Morgan fingerprint density at radius 2 is 0.283 bits per heavy atom. The molecule has 0 radical (unpaired) electrons. The minimum atomic E-state index is 1.08. The first kappa shape index (κ1) is 73.7. The maximum absolute atomic E-state index is 2.37. The summed E-state index contributed by atoms with van der Waals surface area (Å²) in [7, 11) is 0. The second-order valence-corrected chi connectivity index (χ2v) is 32.2. The molecule has 0 amide bonds. The molecule has 6 heteroatoms. The Morgan fingerprint density at radius 3 is 0.550 bits per heavy atom. The summed E-state index contributed by atoms with van der Waals surface area (Å²) in [4.78, 5) is 9.38. The lowest BCUT2D eigenvalue weighted by molar-refractivity contribution is 1.28. The van der Waals surface area contributed by atoms with Gasteiger partial charge in [-0.1, -0.05) is 315 Å². The van der Waals surface area contributed by atoms with Crippen molar-refractivity contribution >= 4 is 131 Å². The molecule has 0 atom stereocenters. The Bertz CT molecular complexity index is 6980. The number of para-hydroxylation sites is 3. The Labute approximate surface area is 708 Å². The molecule has 0 fully saturated rings. The third-order valence-corrected chi connectivity index (χ3v) is 24.8. The zero-order chi connectivity index (χ0) is 79.9. The van der Waals surface area contributed by atoms with E-state index in [1.165, 1.54) is 96.0 Å². The van der Waals surface area contributed by atoms with Gasteiger partial charge in [-0.2, -0.15) is 0 Å². The van der Waals surface area contributed by atoms with E-state index in [4.69, 9.17) is 0 Å². The zero-order valence-electron chi connectivity index (χ0n) is 65.8. The lowest BCUT2D eigenvalue weighted by Gasteiger charge is -2.27. The second kappa shape index (κ2) is 33.6.